The van der Waals surface area contributed by atoms with Crippen LogP contribution in [0.4, 0.5) is 5.82 Å². The Kier molecular flexibility index (Phi) is 2.28. The molecular formula is C13H15N3O. The molecule has 1 aromatic carbocycles. The topological polar surface area (TPSA) is 64.1 Å². The van der Waals surface area contributed by atoms with E-state index in [2.05, 4.69) is 5.10 Å². The van der Waals surface area contributed by atoms with Crippen LogP contribution in [0.3, 0.4) is 0 Å². The fraction of sp³-hybridized carbons (Fsp3) is 0.308. The molecule has 3 rings (SSSR count). The highest BCUT2D eigenvalue weighted by molar-refractivity contribution is 5.48. The number of nitrogen functional groups attached to an aromatic ring is 1. The van der Waals surface area contributed by atoms with Gasteiger partial charge in [-0.3, -0.25) is 0 Å². The Bertz CT molecular complexity index is 543. The van der Waals surface area contributed by atoms with Gasteiger partial charge < -0.3 is 10.8 Å². The van der Waals surface area contributed by atoms with Crippen LogP contribution in [0.1, 0.15) is 24.1 Å². The zero-order valence-electron chi connectivity index (χ0n) is 9.56. The molecule has 0 bridgehead atoms. The van der Waals surface area contributed by atoms with Gasteiger partial charge in [0.1, 0.15) is 11.6 Å². The Morgan fingerprint density at radius 1 is 1.12 bits per heavy atom. The number of rotatable bonds is 1. The van der Waals surface area contributed by atoms with Crippen LogP contribution in [0, 0.1) is 0 Å². The third-order valence-corrected chi connectivity index (χ3v) is 3.31. The summed E-state index contributed by atoms with van der Waals surface area (Å²) in [5.41, 5.74) is 9.32. The number of fused-ring (bicyclic) bond motifs is 1. The molecule has 0 radical (unpaired) electrons. The molecule has 17 heavy (non-hydrogen) atoms. The highest BCUT2D eigenvalue weighted by Crippen LogP contribution is 2.28. The van der Waals surface area contributed by atoms with Crippen molar-refractivity contribution in [2.45, 2.75) is 25.7 Å². The minimum absolute atomic E-state index is 0.266. The number of hydrogen-bond acceptors (Lipinski definition) is 3. The van der Waals surface area contributed by atoms with Crippen LogP contribution in [0.5, 0.6) is 5.75 Å². The van der Waals surface area contributed by atoms with Gasteiger partial charge in [-0.15, -0.1) is 0 Å². The Morgan fingerprint density at radius 2 is 1.82 bits per heavy atom. The van der Waals surface area contributed by atoms with Gasteiger partial charge in [0.05, 0.1) is 5.69 Å². The monoisotopic (exact) mass is 229 g/mol. The maximum atomic E-state index is 9.29. The summed E-state index contributed by atoms with van der Waals surface area (Å²) in [6.07, 6.45) is 4.44. The molecule has 88 valence electrons. The Hall–Kier alpha value is -1.97. The van der Waals surface area contributed by atoms with Gasteiger partial charge in [-0.25, -0.2) is 4.68 Å². The number of benzene rings is 1. The van der Waals surface area contributed by atoms with E-state index in [0.717, 1.165) is 18.5 Å². The lowest BCUT2D eigenvalue weighted by molar-refractivity contribution is 0.475. The van der Waals surface area contributed by atoms with E-state index in [-0.39, 0.29) is 5.75 Å². The maximum absolute atomic E-state index is 9.29. The molecule has 0 saturated carbocycles. The predicted molar refractivity (Wildman–Crippen MR) is 66.3 cm³/mol. The molecule has 1 aromatic heterocycles. The molecule has 0 fully saturated rings. The molecular weight excluding hydrogens is 214 g/mol. The van der Waals surface area contributed by atoms with Crippen molar-refractivity contribution in [1.29, 1.82) is 0 Å². The third kappa shape index (κ3) is 1.65. The van der Waals surface area contributed by atoms with Crippen molar-refractivity contribution >= 4 is 5.82 Å². The first-order chi connectivity index (χ1) is 8.25. The van der Waals surface area contributed by atoms with Gasteiger partial charge in [0.15, 0.2) is 0 Å². The van der Waals surface area contributed by atoms with Gasteiger partial charge in [0, 0.05) is 11.3 Å². The van der Waals surface area contributed by atoms with Crippen LogP contribution in [0.25, 0.3) is 5.69 Å². The van der Waals surface area contributed by atoms with Gasteiger partial charge in [-0.1, -0.05) is 0 Å². The first-order valence-electron chi connectivity index (χ1n) is 5.91. The molecule has 1 aliphatic rings. The molecule has 3 N–H and O–H groups in total. The molecule has 2 aromatic rings. The van der Waals surface area contributed by atoms with Crippen LogP contribution < -0.4 is 5.73 Å². The molecule has 0 spiro atoms. The van der Waals surface area contributed by atoms with Crippen LogP contribution in [-0.2, 0) is 12.8 Å². The van der Waals surface area contributed by atoms with E-state index in [1.165, 1.54) is 24.1 Å². The molecule has 1 heterocycles. The number of phenols is 1. The number of anilines is 1. The first-order valence-corrected chi connectivity index (χ1v) is 5.91. The number of nitrogens with zero attached hydrogens (tertiary/aromatic N) is 2. The van der Waals surface area contributed by atoms with Gasteiger partial charge in [0.25, 0.3) is 0 Å². The summed E-state index contributed by atoms with van der Waals surface area (Å²) in [6.45, 7) is 0. The quantitative estimate of drug-likeness (QED) is 0.786. The summed E-state index contributed by atoms with van der Waals surface area (Å²) in [5.74, 6) is 0.913. The fourth-order valence-corrected chi connectivity index (χ4v) is 2.43. The van der Waals surface area contributed by atoms with Crippen LogP contribution in [-0.4, -0.2) is 14.9 Å². The summed E-state index contributed by atoms with van der Waals surface area (Å²) in [4.78, 5) is 0. The highest BCUT2D eigenvalue weighted by Gasteiger charge is 2.19. The zero-order chi connectivity index (χ0) is 11.8. The number of nitrogens with two attached hydrogens (primary N) is 1. The zero-order valence-corrected chi connectivity index (χ0v) is 9.56. The molecule has 0 unspecified atom stereocenters. The van der Waals surface area contributed by atoms with Gasteiger partial charge >= 0.3 is 0 Å². The van der Waals surface area contributed by atoms with Crippen molar-refractivity contribution in [3.8, 4) is 11.4 Å². The second-order valence-electron chi connectivity index (χ2n) is 4.45. The number of aromatic hydroxyl groups is 1. The lowest BCUT2D eigenvalue weighted by Gasteiger charge is -2.13. The van der Waals surface area contributed by atoms with Crippen molar-refractivity contribution in [2.24, 2.45) is 0 Å². The van der Waals surface area contributed by atoms with E-state index in [9.17, 15) is 5.11 Å². The first kappa shape index (κ1) is 10.2. The van der Waals surface area contributed by atoms with Crippen LogP contribution >= 0.6 is 0 Å². The van der Waals surface area contributed by atoms with E-state index < -0.39 is 0 Å². The average molecular weight is 229 g/mol. The Morgan fingerprint density at radius 3 is 2.59 bits per heavy atom. The third-order valence-electron chi connectivity index (χ3n) is 3.31. The molecule has 0 saturated heterocycles. The summed E-state index contributed by atoms with van der Waals surface area (Å²) in [6, 6.07) is 7.05. The van der Waals surface area contributed by atoms with Gasteiger partial charge in [0.2, 0.25) is 0 Å². The van der Waals surface area contributed by atoms with Crippen molar-refractivity contribution in [3.63, 3.8) is 0 Å². The number of aromatic nitrogens is 2. The highest BCUT2D eigenvalue weighted by atomic mass is 16.3. The number of hydrogen-bond donors (Lipinski definition) is 2. The Labute approximate surface area is 99.7 Å². The molecule has 0 amide bonds. The SMILES string of the molecule is Nc1nn(-c2ccc(O)cc2)c2c1CCCC2. The van der Waals surface area contributed by atoms with Crippen LogP contribution in [0.2, 0.25) is 0 Å². The van der Waals surface area contributed by atoms with E-state index in [1.807, 2.05) is 16.8 Å². The lowest BCUT2D eigenvalue weighted by Crippen LogP contribution is -2.07. The van der Waals surface area contributed by atoms with Crippen molar-refractivity contribution in [3.05, 3.63) is 35.5 Å². The smallest absolute Gasteiger partial charge is 0.149 e. The minimum Gasteiger partial charge on any atom is -0.508 e. The molecule has 4 heteroatoms. The predicted octanol–water partition coefficient (Wildman–Crippen LogP) is 2.04. The molecule has 4 nitrogen and oxygen atoms in total. The van der Waals surface area contributed by atoms with Crippen LogP contribution in [0.15, 0.2) is 24.3 Å². The summed E-state index contributed by atoms with van der Waals surface area (Å²) >= 11 is 0. The molecule has 0 aliphatic heterocycles. The van der Waals surface area contributed by atoms with Crippen molar-refractivity contribution in [1.82, 2.24) is 9.78 Å². The second-order valence-corrected chi connectivity index (χ2v) is 4.45. The lowest BCUT2D eigenvalue weighted by atomic mass is 9.97. The number of phenolic OH excluding ortho intramolecular Hbond substituents is 1. The normalized spacial score (nSPS) is 14.6. The van der Waals surface area contributed by atoms with Crippen molar-refractivity contribution in [2.75, 3.05) is 5.73 Å². The van der Waals surface area contributed by atoms with E-state index >= 15 is 0 Å². The second kappa shape index (κ2) is 3.80. The summed E-state index contributed by atoms with van der Waals surface area (Å²) in [7, 11) is 0. The molecule has 1 aliphatic carbocycles. The summed E-state index contributed by atoms with van der Waals surface area (Å²) in [5, 5.41) is 13.7. The average Bonchev–Trinajstić information content (AvgIpc) is 2.69. The minimum atomic E-state index is 0.266. The van der Waals surface area contributed by atoms with E-state index in [1.54, 1.807) is 12.1 Å². The standard InChI is InChI=1S/C13H15N3O/c14-13-11-3-1-2-4-12(11)16(15-13)9-5-7-10(17)8-6-9/h5-8,17H,1-4H2,(H2,14,15). The molecule has 0 atom stereocenters. The Balaban J connectivity index is 2.11. The largest absolute Gasteiger partial charge is 0.508 e. The van der Waals surface area contributed by atoms with E-state index in [0.29, 0.717) is 5.82 Å². The fourth-order valence-electron chi connectivity index (χ4n) is 2.43. The summed E-state index contributed by atoms with van der Waals surface area (Å²) < 4.78 is 1.91. The maximum Gasteiger partial charge on any atom is 0.149 e. The van der Waals surface area contributed by atoms with Crippen molar-refractivity contribution < 1.29 is 5.11 Å². The van der Waals surface area contributed by atoms with Gasteiger partial charge in [-0.05, 0) is 49.9 Å². The van der Waals surface area contributed by atoms with E-state index in [4.69, 9.17) is 5.73 Å². The van der Waals surface area contributed by atoms with Gasteiger partial charge in [-0.2, -0.15) is 5.10 Å².